The molecule has 2 aromatic rings. The van der Waals surface area contributed by atoms with Crippen molar-refractivity contribution in [2.75, 3.05) is 30.8 Å². The molecule has 1 N–H and O–H groups in total. The van der Waals surface area contributed by atoms with Crippen molar-refractivity contribution in [3.8, 4) is 5.75 Å². The van der Waals surface area contributed by atoms with Crippen molar-refractivity contribution in [1.82, 2.24) is 4.90 Å². The van der Waals surface area contributed by atoms with Crippen LogP contribution in [-0.2, 0) is 0 Å². The van der Waals surface area contributed by atoms with Crippen LogP contribution in [0, 0.1) is 0 Å². The lowest BCUT2D eigenvalue weighted by Gasteiger charge is -2.21. The third-order valence-electron chi connectivity index (χ3n) is 3.92. The highest BCUT2D eigenvalue weighted by atomic mass is 32.2. The van der Waals surface area contributed by atoms with Crippen molar-refractivity contribution in [1.29, 1.82) is 0 Å². The zero-order chi connectivity index (χ0) is 16.8. The van der Waals surface area contributed by atoms with Crippen LogP contribution in [0.4, 0.5) is 10.5 Å². The van der Waals surface area contributed by atoms with Crippen molar-refractivity contribution in [2.45, 2.75) is 18.6 Å². The van der Waals surface area contributed by atoms with Gasteiger partial charge in [-0.3, -0.25) is 0 Å². The summed E-state index contributed by atoms with van der Waals surface area (Å²) in [6.07, 6.45) is 2.59. The molecular formula is C18H22N2O3S. The Bertz CT molecular complexity index is 660. The lowest BCUT2D eigenvalue weighted by molar-refractivity contribution is 0.214. The summed E-state index contributed by atoms with van der Waals surface area (Å²) >= 11 is 1.84. The molecular weight excluding hydrogens is 324 g/mol. The molecule has 1 aromatic heterocycles. The minimum Gasteiger partial charge on any atom is -0.492 e. The third-order valence-corrected chi connectivity index (χ3v) is 5.21. The van der Waals surface area contributed by atoms with Gasteiger partial charge in [0.25, 0.3) is 0 Å². The predicted molar refractivity (Wildman–Crippen MR) is 96.7 cm³/mol. The van der Waals surface area contributed by atoms with Crippen LogP contribution in [0.2, 0.25) is 0 Å². The maximum atomic E-state index is 12.6. The summed E-state index contributed by atoms with van der Waals surface area (Å²) in [5.74, 6) is 2.58. The Balaban J connectivity index is 1.61. The number of ether oxygens (including phenoxy) is 1. The largest absolute Gasteiger partial charge is 0.492 e. The van der Waals surface area contributed by atoms with Gasteiger partial charge in [-0.1, -0.05) is 12.1 Å². The van der Waals surface area contributed by atoms with Gasteiger partial charge in [0.2, 0.25) is 0 Å². The number of nitrogens with zero attached hydrogens (tertiary/aromatic N) is 1. The fourth-order valence-electron chi connectivity index (χ4n) is 2.72. The third kappa shape index (κ3) is 4.06. The van der Waals surface area contributed by atoms with Gasteiger partial charge in [-0.25, -0.2) is 4.79 Å². The monoisotopic (exact) mass is 346 g/mol. The molecule has 1 unspecified atom stereocenters. The van der Waals surface area contributed by atoms with E-state index in [0.29, 0.717) is 29.8 Å². The molecule has 24 heavy (non-hydrogen) atoms. The molecule has 0 bridgehead atoms. The Morgan fingerprint density at radius 3 is 3.00 bits per heavy atom. The van der Waals surface area contributed by atoms with E-state index in [-0.39, 0.29) is 6.03 Å². The lowest BCUT2D eigenvalue weighted by atomic mass is 10.2. The van der Waals surface area contributed by atoms with Crippen molar-refractivity contribution in [3.05, 3.63) is 48.4 Å². The number of para-hydroxylation sites is 2. The van der Waals surface area contributed by atoms with Crippen molar-refractivity contribution < 1.29 is 13.9 Å². The zero-order valence-electron chi connectivity index (χ0n) is 13.7. The standard InChI is InChI=1S/C18H22N2O3S/c1-2-22-15-7-4-3-6-14(15)19-18(21)20-10-9-17(24-13-11-20)16-8-5-12-23-16/h3-8,12,17H,2,9-11,13H2,1H3,(H,19,21). The van der Waals surface area contributed by atoms with E-state index in [1.54, 1.807) is 6.26 Å². The van der Waals surface area contributed by atoms with Gasteiger partial charge in [0, 0.05) is 18.8 Å². The number of urea groups is 1. The summed E-state index contributed by atoms with van der Waals surface area (Å²) in [4.78, 5) is 14.5. The summed E-state index contributed by atoms with van der Waals surface area (Å²) in [7, 11) is 0. The minimum absolute atomic E-state index is 0.0807. The molecule has 0 saturated carbocycles. The average Bonchev–Trinajstić information content (AvgIpc) is 3.01. The van der Waals surface area contributed by atoms with Crippen LogP contribution in [-0.4, -0.2) is 36.4 Å². The SMILES string of the molecule is CCOc1ccccc1NC(=O)N1CCSC(c2ccco2)CC1. The molecule has 0 radical (unpaired) electrons. The Hall–Kier alpha value is -2.08. The highest BCUT2D eigenvalue weighted by molar-refractivity contribution is 7.99. The van der Waals surface area contributed by atoms with Crippen molar-refractivity contribution >= 4 is 23.5 Å². The summed E-state index contributed by atoms with van der Waals surface area (Å²) < 4.78 is 11.1. The topological polar surface area (TPSA) is 54.7 Å². The van der Waals surface area contributed by atoms with Gasteiger partial charge in [-0.2, -0.15) is 0 Å². The molecule has 1 atom stereocenters. The van der Waals surface area contributed by atoms with E-state index in [0.717, 1.165) is 24.5 Å². The number of hydrogen-bond acceptors (Lipinski definition) is 4. The van der Waals surface area contributed by atoms with Crippen molar-refractivity contribution in [3.63, 3.8) is 0 Å². The van der Waals surface area contributed by atoms with Gasteiger partial charge in [0.1, 0.15) is 11.5 Å². The molecule has 0 spiro atoms. The van der Waals surface area contributed by atoms with E-state index in [4.69, 9.17) is 9.15 Å². The van der Waals surface area contributed by atoms with Gasteiger partial charge < -0.3 is 19.4 Å². The molecule has 3 rings (SSSR count). The van der Waals surface area contributed by atoms with Gasteiger partial charge in [0.05, 0.1) is 23.8 Å². The highest BCUT2D eigenvalue weighted by Crippen LogP contribution is 2.34. The Morgan fingerprint density at radius 1 is 1.33 bits per heavy atom. The molecule has 1 fully saturated rings. The van der Waals surface area contributed by atoms with Gasteiger partial charge in [-0.05, 0) is 37.6 Å². The number of rotatable bonds is 4. The molecule has 1 aromatic carbocycles. The zero-order valence-corrected chi connectivity index (χ0v) is 14.6. The number of anilines is 1. The molecule has 5 nitrogen and oxygen atoms in total. The first-order valence-corrected chi connectivity index (χ1v) is 9.25. The Kier molecular flexibility index (Phi) is 5.69. The second-order valence-corrected chi connectivity index (χ2v) is 6.82. The lowest BCUT2D eigenvalue weighted by Crippen LogP contribution is -2.36. The molecule has 1 aliphatic heterocycles. The molecule has 1 saturated heterocycles. The number of amides is 2. The minimum atomic E-state index is -0.0807. The number of benzene rings is 1. The van der Waals surface area contributed by atoms with Crippen LogP contribution in [0.3, 0.4) is 0 Å². The number of hydrogen-bond donors (Lipinski definition) is 1. The molecule has 1 aliphatic rings. The summed E-state index contributed by atoms with van der Waals surface area (Å²) in [6, 6.07) is 11.4. The van der Waals surface area contributed by atoms with Crippen molar-refractivity contribution in [2.24, 2.45) is 0 Å². The van der Waals surface area contributed by atoms with E-state index in [1.807, 2.05) is 60.0 Å². The molecule has 0 aliphatic carbocycles. The molecule has 2 amide bonds. The number of carbonyl (C=O) groups is 1. The number of nitrogens with one attached hydrogen (secondary N) is 1. The van der Waals surface area contributed by atoms with Gasteiger partial charge in [-0.15, -0.1) is 11.8 Å². The highest BCUT2D eigenvalue weighted by Gasteiger charge is 2.24. The van der Waals surface area contributed by atoms with E-state index < -0.39 is 0 Å². The van der Waals surface area contributed by atoms with E-state index >= 15 is 0 Å². The second-order valence-electron chi connectivity index (χ2n) is 5.51. The molecule has 2 heterocycles. The fraction of sp³-hybridized carbons (Fsp3) is 0.389. The summed E-state index contributed by atoms with van der Waals surface area (Å²) in [6.45, 7) is 3.93. The van der Waals surface area contributed by atoms with Crippen LogP contribution in [0.1, 0.15) is 24.4 Å². The van der Waals surface area contributed by atoms with E-state index in [2.05, 4.69) is 5.32 Å². The average molecular weight is 346 g/mol. The van der Waals surface area contributed by atoms with Gasteiger partial charge in [0.15, 0.2) is 0 Å². The van der Waals surface area contributed by atoms with Crippen LogP contribution in [0.15, 0.2) is 47.1 Å². The van der Waals surface area contributed by atoms with Crippen LogP contribution in [0.25, 0.3) is 0 Å². The second kappa shape index (κ2) is 8.15. The van der Waals surface area contributed by atoms with Gasteiger partial charge >= 0.3 is 6.03 Å². The van der Waals surface area contributed by atoms with Crippen LogP contribution >= 0.6 is 11.8 Å². The number of thioether (sulfide) groups is 1. The first-order chi connectivity index (χ1) is 11.8. The van der Waals surface area contributed by atoms with E-state index in [9.17, 15) is 4.79 Å². The first-order valence-electron chi connectivity index (χ1n) is 8.20. The Morgan fingerprint density at radius 2 is 2.21 bits per heavy atom. The first kappa shape index (κ1) is 16.8. The fourth-order valence-corrected chi connectivity index (χ4v) is 3.90. The number of furan rings is 1. The Labute approximate surface area is 146 Å². The van der Waals surface area contributed by atoms with Crippen LogP contribution in [0.5, 0.6) is 5.75 Å². The maximum absolute atomic E-state index is 12.6. The quantitative estimate of drug-likeness (QED) is 0.892. The van der Waals surface area contributed by atoms with E-state index in [1.165, 1.54) is 0 Å². The summed E-state index contributed by atoms with van der Waals surface area (Å²) in [5.41, 5.74) is 0.712. The number of carbonyl (C=O) groups excluding carboxylic acids is 1. The smallest absolute Gasteiger partial charge is 0.321 e. The predicted octanol–water partition coefficient (Wildman–Crippen LogP) is 4.39. The molecule has 128 valence electrons. The normalized spacial score (nSPS) is 18.0. The summed E-state index contributed by atoms with van der Waals surface area (Å²) in [5, 5.41) is 3.29. The molecule has 6 heteroatoms. The maximum Gasteiger partial charge on any atom is 0.321 e. The van der Waals surface area contributed by atoms with Crippen LogP contribution < -0.4 is 10.1 Å².